The minimum Gasteiger partial charge on any atom is -0.468 e. The van der Waals surface area contributed by atoms with Gasteiger partial charge in [-0.15, -0.1) is 0 Å². The zero-order valence-electron chi connectivity index (χ0n) is 17.3. The number of Topliss-reactive ketones (excluding diaryl/α,β-unsaturated/α-hetero) is 1. The number of carbonyl (C=O) groups excluding carboxylic acids is 2. The Bertz CT molecular complexity index is 1120. The summed E-state index contributed by atoms with van der Waals surface area (Å²) < 4.78 is 4.99. The largest absolute Gasteiger partial charge is 0.468 e. The highest BCUT2D eigenvalue weighted by molar-refractivity contribution is 6.09. The van der Waals surface area contributed by atoms with Crippen molar-refractivity contribution in [1.82, 2.24) is 0 Å². The Labute approximate surface area is 179 Å². The number of carbonyl (C=O) groups is 2. The average molecular weight is 418 g/mol. The first-order valence-electron chi connectivity index (χ1n) is 10.1. The van der Waals surface area contributed by atoms with Crippen molar-refractivity contribution < 1.29 is 19.2 Å². The molecule has 158 valence electrons. The second kappa shape index (κ2) is 8.26. The second-order valence-electron chi connectivity index (χ2n) is 7.85. The third kappa shape index (κ3) is 3.67. The molecule has 0 amide bonds. The van der Waals surface area contributed by atoms with Crippen LogP contribution in [0.2, 0.25) is 0 Å². The molecule has 1 aliphatic heterocycles. The number of benzene rings is 2. The molecule has 1 aliphatic carbocycles. The van der Waals surface area contributed by atoms with Crippen LogP contribution in [0, 0.1) is 16.0 Å². The Morgan fingerprint density at radius 1 is 1.10 bits per heavy atom. The molecule has 3 atom stereocenters. The van der Waals surface area contributed by atoms with Crippen molar-refractivity contribution in [3.8, 4) is 0 Å². The van der Waals surface area contributed by atoms with Gasteiger partial charge in [0.25, 0.3) is 5.69 Å². The Balaban J connectivity index is 1.88. The number of nitro groups is 1. The minimum absolute atomic E-state index is 0.0231. The summed E-state index contributed by atoms with van der Waals surface area (Å²) in [7, 11) is 1.27. The number of hydrogen-bond acceptors (Lipinski definition) is 6. The first-order valence-corrected chi connectivity index (χ1v) is 10.1. The number of ether oxygens (including phenoxy) is 1. The van der Waals surface area contributed by atoms with E-state index in [-0.39, 0.29) is 23.8 Å². The molecule has 0 saturated carbocycles. The molecule has 2 aromatic rings. The van der Waals surface area contributed by atoms with Crippen molar-refractivity contribution >= 4 is 23.2 Å². The lowest BCUT2D eigenvalue weighted by Gasteiger charge is -2.36. The van der Waals surface area contributed by atoms with E-state index in [0.717, 1.165) is 5.56 Å². The quantitative estimate of drug-likeness (QED) is 0.418. The van der Waals surface area contributed by atoms with Crippen LogP contribution < -0.4 is 0 Å². The van der Waals surface area contributed by atoms with E-state index in [2.05, 4.69) is 4.99 Å². The van der Waals surface area contributed by atoms with Crippen molar-refractivity contribution in [3.63, 3.8) is 0 Å². The SMILES string of the molecule is COC(=O)C1C(C)=NC2=C(C(=O)C[C@H](c3ccccc3)C2)[C@@H]1c1ccccc1[N+](=O)[O-]. The van der Waals surface area contributed by atoms with E-state index in [1.807, 2.05) is 30.3 Å². The second-order valence-corrected chi connectivity index (χ2v) is 7.85. The number of esters is 1. The van der Waals surface area contributed by atoms with Gasteiger partial charge in [-0.2, -0.15) is 0 Å². The summed E-state index contributed by atoms with van der Waals surface area (Å²) in [4.78, 5) is 42.0. The summed E-state index contributed by atoms with van der Waals surface area (Å²) in [6.45, 7) is 1.71. The number of allylic oxidation sites excluding steroid dienone is 2. The van der Waals surface area contributed by atoms with Gasteiger partial charge in [-0.05, 0) is 24.8 Å². The Morgan fingerprint density at radius 2 is 1.77 bits per heavy atom. The molecule has 4 rings (SSSR count). The van der Waals surface area contributed by atoms with Gasteiger partial charge in [0, 0.05) is 41.0 Å². The third-order valence-electron chi connectivity index (χ3n) is 6.08. The molecule has 0 bridgehead atoms. The standard InChI is InChI=1S/C24H22N2O5/c1-14-21(24(28)31-2)22(17-10-6-7-11-19(17)26(29)30)23-18(25-14)12-16(13-20(23)27)15-8-4-3-5-9-15/h3-11,16,21-22H,12-13H2,1-2H3/t16-,21?,22-/m1/s1. The predicted octanol–water partition coefficient (Wildman–Crippen LogP) is 4.34. The number of ketones is 1. The van der Waals surface area contributed by atoms with Gasteiger partial charge in [-0.25, -0.2) is 0 Å². The topological polar surface area (TPSA) is 98.9 Å². The maximum Gasteiger partial charge on any atom is 0.315 e. The third-order valence-corrected chi connectivity index (χ3v) is 6.08. The summed E-state index contributed by atoms with van der Waals surface area (Å²) in [6.07, 6.45) is 0.801. The number of nitro benzene ring substituents is 1. The molecular weight excluding hydrogens is 396 g/mol. The number of para-hydroxylation sites is 1. The molecule has 2 aromatic carbocycles. The van der Waals surface area contributed by atoms with Crippen molar-refractivity contribution in [3.05, 3.63) is 87.1 Å². The molecule has 0 spiro atoms. The molecule has 0 radical (unpaired) electrons. The molecule has 0 N–H and O–H groups in total. The zero-order chi connectivity index (χ0) is 22.1. The molecule has 7 heteroatoms. The average Bonchev–Trinajstić information content (AvgIpc) is 2.78. The summed E-state index contributed by atoms with van der Waals surface area (Å²) in [5.74, 6) is -2.41. The Morgan fingerprint density at radius 3 is 2.45 bits per heavy atom. The van der Waals surface area contributed by atoms with E-state index in [4.69, 9.17) is 4.74 Å². The van der Waals surface area contributed by atoms with Crippen molar-refractivity contribution in [2.75, 3.05) is 7.11 Å². The number of methoxy groups -OCH3 is 1. The van der Waals surface area contributed by atoms with Gasteiger partial charge in [0.1, 0.15) is 5.92 Å². The summed E-state index contributed by atoms with van der Waals surface area (Å²) in [6, 6.07) is 16.0. The van der Waals surface area contributed by atoms with Gasteiger partial charge in [0.05, 0.1) is 12.0 Å². The normalized spacial score (nSPS) is 23.1. The number of rotatable bonds is 4. The first-order chi connectivity index (χ1) is 14.9. The van der Waals surface area contributed by atoms with E-state index >= 15 is 0 Å². The maximum atomic E-state index is 13.4. The van der Waals surface area contributed by atoms with Gasteiger partial charge in [0.2, 0.25) is 0 Å². The van der Waals surface area contributed by atoms with E-state index < -0.39 is 22.7 Å². The fourth-order valence-corrected chi connectivity index (χ4v) is 4.71. The van der Waals surface area contributed by atoms with Gasteiger partial charge in [-0.1, -0.05) is 48.5 Å². The number of aliphatic imine (C=N–C) groups is 1. The van der Waals surface area contributed by atoms with Crippen LogP contribution in [-0.4, -0.2) is 29.5 Å². The lowest BCUT2D eigenvalue weighted by atomic mass is 9.69. The van der Waals surface area contributed by atoms with Crippen LogP contribution in [0.4, 0.5) is 5.69 Å². The number of hydrogen-bond donors (Lipinski definition) is 0. The van der Waals surface area contributed by atoms with Gasteiger partial charge >= 0.3 is 5.97 Å². The maximum absolute atomic E-state index is 13.4. The summed E-state index contributed by atoms with van der Waals surface area (Å²) in [5.41, 5.74) is 2.74. The van der Waals surface area contributed by atoms with Crippen LogP contribution in [0.1, 0.15) is 42.7 Å². The number of nitrogens with zero attached hydrogens (tertiary/aromatic N) is 2. The molecule has 1 heterocycles. The molecular formula is C24H22N2O5. The zero-order valence-corrected chi connectivity index (χ0v) is 17.3. The van der Waals surface area contributed by atoms with Gasteiger partial charge in [0.15, 0.2) is 5.78 Å². The first kappa shape index (κ1) is 20.7. The lowest BCUT2D eigenvalue weighted by molar-refractivity contribution is -0.385. The monoisotopic (exact) mass is 418 g/mol. The van der Waals surface area contributed by atoms with Crippen LogP contribution in [0.5, 0.6) is 0 Å². The predicted molar refractivity (Wildman–Crippen MR) is 115 cm³/mol. The van der Waals surface area contributed by atoms with E-state index in [0.29, 0.717) is 29.0 Å². The molecule has 0 fully saturated rings. The molecule has 1 unspecified atom stereocenters. The van der Waals surface area contributed by atoms with Crippen molar-refractivity contribution in [2.45, 2.75) is 31.6 Å². The highest BCUT2D eigenvalue weighted by Crippen LogP contribution is 2.48. The summed E-state index contributed by atoms with van der Waals surface area (Å²) in [5, 5.41) is 11.7. The van der Waals surface area contributed by atoms with Gasteiger partial charge in [-0.3, -0.25) is 24.7 Å². The van der Waals surface area contributed by atoms with Crippen LogP contribution >= 0.6 is 0 Å². The minimum atomic E-state index is -0.887. The van der Waals surface area contributed by atoms with E-state index in [9.17, 15) is 19.7 Å². The summed E-state index contributed by atoms with van der Waals surface area (Å²) >= 11 is 0. The Kier molecular flexibility index (Phi) is 5.50. The van der Waals surface area contributed by atoms with Gasteiger partial charge < -0.3 is 4.74 Å². The fourth-order valence-electron chi connectivity index (χ4n) is 4.71. The van der Waals surface area contributed by atoms with Crippen LogP contribution in [0.3, 0.4) is 0 Å². The molecule has 2 aliphatic rings. The van der Waals surface area contributed by atoms with Crippen LogP contribution in [-0.2, 0) is 14.3 Å². The lowest BCUT2D eigenvalue weighted by Crippen LogP contribution is -2.38. The highest BCUT2D eigenvalue weighted by atomic mass is 16.6. The van der Waals surface area contributed by atoms with E-state index in [1.165, 1.54) is 13.2 Å². The molecule has 0 saturated heterocycles. The van der Waals surface area contributed by atoms with E-state index in [1.54, 1.807) is 25.1 Å². The van der Waals surface area contributed by atoms with Crippen molar-refractivity contribution in [2.24, 2.45) is 10.9 Å². The highest BCUT2D eigenvalue weighted by Gasteiger charge is 2.46. The van der Waals surface area contributed by atoms with Crippen molar-refractivity contribution in [1.29, 1.82) is 0 Å². The molecule has 31 heavy (non-hydrogen) atoms. The van der Waals surface area contributed by atoms with Crippen LogP contribution in [0.25, 0.3) is 0 Å². The van der Waals surface area contributed by atoms with Crippen LogP contribution in [0.15, 0.2) is 70.9 Å². The molecule has 0 aromatic heterocycles. The molecule has 7 nitrogen and oxygen atoms in total. The Hall–Kier alpha value is -3.61. The fraction of sp³-hybridized carbons (Fsp3) is 0.292. The smallest absolute Gasteiger partial charge is 0.315 e.